The van der Waals surface area contributed by atoms with Crippen LogP contribution in [-0.2, 0) is 54.1 Å². The number of carbonyl (C=O) groups excluding carboxylic acids is 6. The van der Waals surface area contributed by atoms with Crippen LogP contribution in [0.4, 0.5) is 10.5 Å². The van der Waals surface area contributed by atoms with Gasteiger partial charge >= 0.3 is 18.0 Å². The summed E-state index contributed by atoms with van der Waals surface area (Å²) in [5, 5.41) is 23.2. The number of likely N-dealkylation sites (tertiary alicyclic amines) is 1. The minimum atomic E-state index is -1.88. The van der Waals surface area contributed by atoms with Crippen LogP contribution in [0.1, 0.15) is 84.6 Å². The van der Waals surface area contributed by atoms with Gasteiger partial charge in [0.25, 0.3) is 0 Å². The number of amides is 5. The van der Waals surface area contributed by atoms with E-state index in [1.807, 2.05) is 13.0 Å². The molecule has 4 heterocycles. The molecule has 20 heteroatoms. The van der Waals surface area contributed by atoms with Gasteiger partial charge in [0, 0.05) is 58.7 Å². The zero-order chi connectivity index (χ0) is 49.1. The van der Waals surface area contributed by atoms with E-state index in [1.165, 1.54) is 54.7 Å². The van der Waals surface area contributed by atoms with Gasteiger partial charge < -0.3 is 43.7 Å². The number of thioether (sulfide) groups is 1. The van der Waals surface area contributed by atoms with E-state index in [9.17, 15) is 43.8 Å². The van der Waals surface area contributed by atoms with Gasteiger partial charge in [-0.3, -0.25) is 34.2 Å². The number of hydrogen-bond acceptors (Lipinski definition) is 14. The topological polar surface area (TPSA) is 231 Å². The normalized spacial score (nSPS) is 33.1. The van der Waals surface area contributed by atoms with Crippen molar-refractivity contribution < 1.29 is 67.5 Å². The maximum absolute atomic E-state index is 14.3. The second-order valence-electron chi connectivity index (χ2n) is 18.6. The number of epoxide rings is 1. The van der Waals surface area contributed by atoms with Crippen LogP contribution in [0.25, 0.3) is 0 Å². The van der Waals surface area contributed by atoms with Crippen LogP contribution in [0.3, 0.4) is 0 Å². The van der Waals surface area contributed by atoms with Crippen molar-refractivity contribution in [1.29, 1.82) is 0 Å². The van der Waals surface area contributed by atoms with E-state index in [2.05, 4.69) is 5.32 Å². The molecule has 3 N–H and O–H groups in total. The molecule has 368 valence electrons. The molecule has 0 spiro atoms. The number of imide groups is 1. The number of halogens is 1. The number of nitrogens with one attached hydrogen (secondary N) is 1. The largest absolute Gasteiger partial charge is 0.495 e. The lowest BCUT2D eigenvalue weighted by atomic mass is 9.82. The summed E-state index contributed by atoms with van der Waals surface area (Å²) < 4.78 is 29.4. The number of aliphatic hydroxyl groups is 1. The summed E-state index contributed by atoms with van der Waals surface area (Å²) in [4.78, 5) is 96.2. The maximum Gasteiger partial charge on any atom is 0.409 e. The molecule has 4 aliphatic heterocycles. The number of ether oxygens (including phenoxy) is 5. The zero-order valence-electron chi connectivity index (χ0n) is 39.3. The SMILES string of the molecule is COc1cc2cc(c1Cl)N(C)C(=O)C[C@H](OC(=O)[C@H](C)N(C)C(=O)CCSC1CC(=O)N(CC3CCC(C(=O)O)CC3)C1=O)[C@]1(C)O[C@@H]1[C@H](C)[C@@H]1C[C@@](O)(NC(=O)O1)[C@H](OC)/C=C/C=C(/C)C2. The number of fused-ring (bicyclic) bond motifs is 5. The number of esters is 1. The molecular formula is C47H63ClN4O14S. The van der Waals surface area contributed by atoms with Crippen molar-refractivity contribution in [3.8, 4) is 5.75 Å². The van der Waals surface area contributed by atoms with Gasteiger partial charge in [-0.2, -0.15) is 0 Å². The van der Waals surface area contributed by atoms with Crippen LogP contribution in [0.5, 0.6) is 5.75 Å². The molecule has 1 aromatic rings. The number of allylic oxidation sites excluding steroid dienone is 3. The fourth-order valence-corrected chi connectivity index (χ4v) is 10.9. The highest BCUT2D eigenvalue weighted by Crippen LogP contribution is 2.49. The highest BCUT2D eigenvalue weighted by molar-refractivity contribution is 8.00. The average molecular weight is 976 g/mol. The quantitative estimate of drug-likeness (QED) is 0.147. The van der Waals surface area contributed by atoms with E-state index in [1.54, 1.807) is 45.2 Å². The standard InChI is InChI=1S/C47H63ClN4O14S/c1-25-10-9-11-35(63-8)47(61)23-33(64-45(60)49-47)26(2)41-46(4,66-41)36(22-38(54)51(6)31-19-29(18-25)20-32(62-7)40(31)48)65-44(59)27(3)50(5)37(53)16-17-67-34-21-39(55)52(42(34)56)24-28-12-14-30(15-13-28)43(57)58/h9-11,19-20,26-28,30,33-36,41,61H,12-18,21-24H2,1-8H3,(H,49,60)(H,57,58)/b11-9+,25-10-/t26-,27+,28?,30?,33+,34?,35-,36+,41-,46+,47+/m1/s1. The number of likely N-dealkylation sites (N-methyl/N-ethyl adjacent to an activating group) is 1. The number of alkyl carbamates (subject to hydrolysis) is 1. The Balaban J connectivity index is 1.16. The number of carbonyl (C=O) groups is 7. The molecule has 0 radical (unpaired) electrons. The summed E-state index contributed by atoms with van der Waals surface area (Å²) in [6.45, 7) is 7.10. The number of benzene rings is 1. The van der Waals surface area contributed by atoms with Gasteiger partial charge in [-0.1, -0.05) is 42.3 Å². The van der Waals surface area contributed by atoms with Gasteiger partial charge in [-0.05, 0) is 76.5 Å². The minimum absolute atomic E-state index is 0.00460. The van der Waals surface area contributed by atoms with Crippen molar-refractivity contribution in [2.24, 2.45) is 17.8 Å². The molecule has 1 unspecified atom stereocenters. The lowest BCUT2D eigenvalue weighted by molar-refractivity contribution is -0.162. The predicted molar refractivity (Wildman–Crippen MR) is 246 cm³/mol. The molecule has 4 fully saturated rings. The molecule has 1 aromatic carbocycles. The van der Waals surface area contributed by atoms with Gasteiger partial charge in [0.05, 0.1) is 36.5 Å². The number of aliphatic carboxylic acids is 1. The average Bonchev–Trinajstić information content (AvgIpc) is 3.91. The number of hydrogen-bond donors (Lipinski definition) is 3. The third kappa shape index (κ3) is 11.6. The van der Waals surface area contributed by atoms with E-state index in [0.29, 0.717) is 43.5 Å². The van der Waals surface area contributed by atoms with Crippen LogP contribution < -0.4 is 15.0 Å². The van der Waals surface area contributed by atoms with Crippen molar-refractivity contribution in [2.45, 2.75) is 133 Å². The molecule has 5 aliphatic rings. The first kappa shape index (κ1) is 51.7. The van der Waals surface area contributed by atoms with E-state index < -0.39 is 88.7 Å². The van der Waals surface area contributed by atoms with Gasteiger partial charge in [0.2, 0.25) is 23.6 Å². The molecule has 4 bridgehead atoms. The number of methoxy groups -OCH3 is 2. The second-order valence-corrected chi connectivity index (χ2v) is 20.3. The number of anilines is 1. The maximum atomic E-state index is 14.3. The number of rotatable bonds is 12. The van der Waals surface area contributed by atoms with Crippen LogP contribution in [0.2, 0.25) is 5.02 Å². The van der Waals surface area contributed by atoms with Crippen LogP contribution in [-0.4, -0.2) is 149 Å². The predicted octanol–water partition coefficient (Wildman–Crippen LogP) is 4.66. The number of carboxylic acid groups (broad SMARTS) is 1. The first-order chi connectivity index (χ1) is 31.6. The molecule has 1 saturated carbocycles. The van der Waals surface area contributed by atoms with Crippen molar-refractivity contribution in [3.63, 3.8) is 0 Å². The molecule has 5 amide bonds. The highest BCUT2D eigenvalue weighted by atomic mass is 35.5. The Labute approximate surface area is 400 Å². The van der Waals surface area contributed by atoms with Crippen LogP contribution in [0, 0.1) is 17.8 Å². The number of nitrogens with zero attached hydrogens (tertiary/aromatic N) is 3. The van der Waals surface area contributed by atoms with Crippen LogP contribution >= 0.6 is 23.4 Å². The fourth-order valence-electron chi connectivity index (χ4n) is 9.51. The molecular weight excluding hydrogens is 912 g/mol. The smallest absolute Gasteiger partial charge is 0.409 e. The number of carboxylic acids is 1. The van der Waals surface area contributed by atoms with E-state index >= 15 is 0 Å². The Bertz CT molecular complexity index is 2170. The Kier molecular flexibility index (Phi) is 16.4. The van der Waals surface area contributed by atoms with E-state index in [-0.39, 0.29) is 60.7 Å². The lowest BCUT2D eigenvalue weighted by Gasteiger charge is -2.42. The van der Waals surface area contributed by atoms with Crippen LogP contribution in [0.15, 0.2) is 35.9 Å². The lowest BCUT2D eigenvalue weighted by Crippen LogP contribution is -2.63. The molecule has 1 aliphatic carbocycles. The van der Waals surface area contributed by atoms with Gasteiger partial charge in [-0.15, -0.1) is 11.8 Å². The summed E-state index contributed by atoms with van der Waals surface area (Å²) in [6, 6.07) is 2.40. The first-order valence-corrected chi connectivity index (χ1v) is 24.1. The molecule has 3 saturated heterocycles. The Morgan fingerprint density at radius 2 is 1.79 bits per heavy atom. The summed E-state index contributed by atoms with van der Waals surface area (Å²) in [5.41, 5.74) is -1.16. The second kappa shape index (κ2) is 21.3. The molecule has 0 aromatic heterocycles. The van der Waals surface area contributed by atoms with Crippen molar-refractivity contribution in [2.75, 3.05) is 45.5 Å². The Morgan fingerprint density at radius 3 is 2.45 bits per heavy atom. The van der Waals surface area contributed by atoms with Gasteiger partial charge in [-0.25, -0.2) is 9.59 Å². The summed E-state index contributed by atoms with van der Waals surface area (Å²) in [5.74, 6) is -3.58. The third-order valence-corrected chi connectivity index (χ3v) is 15.6. The molecule has 6 rings (SSSR count). The highest BCUT2D eigenvalue weighted by Gasteiger charge is 2.64. The third-order valence-electron chi connectivity index (χ3n) is 14.0. The zero-order valence-corrected chi connectivity index (χ0v) is 40.9. The summed E-state index contributed by atoms with van der Waals surface area (Å²) >= 11 is 8.00. The summed E-state index contributed by atoms with van der Waals surface area (Å²) in [6.07, 6.45) is 2.63. The molecule has 18 nitrogen and oxygen atoms in total. The molecule has 67 heavy (non-hydrogen) atoms. The molecule has 9 atom stereocenters. The Hall–Kier alpha value is -4.69. The van der Waals surface area contributed by atoms with Crippen molar-refractivity contribution in [3.05, 3.63) is 46.5 Å². The van der Waals surface area contributed by atoms with E-state index in [4.69, 9.17) is 35.3 Å². The van der Waals surface area contributed by atoms with E-state index in [0.717, 1.165) is 11.1 Å². The van der Waals surface area contributed by atoms with Crippen molar-refractivity contribution in [1.82, 2.24) is 15.1 Å². The van der Waals surface area contributed by atoms with Crippen molar-refractivity contribution >= 4 is 70.7 Å². The van der Waals surface area contributed by atoms with Gasteiger partial charge in [0.1, 0.15) is 40.7 Å². The Morgan fingerprint density at radius 1 is 1.09 bits per heavy atom. The minimum Gasteiger partial charge on any atom is -0.495 e. The monoisotopic (exact) mass is 974 g/mol. The summed E-state index contributed by atoms with van der Waals surface area (Å²) in [7, 11) is 5.87. The fraction of sp³-hybridized carbons (Fsp3) is 0.638. The first-order valence-electron chi connectivity index (χ1n) is 22.6. The van der Waals surface area contributed by atoms with Gasteiger partial charge in [0.15, 0.2) is 5.72 Å².